The van der Waals surface area contributed by atoms with Crippen molar-refractivity contribution >= 4 is 84.5 Å². The highest BCUT2D eigenvalue weighted by molar-refractivity contribution is 7.85. The average molecular weight is 669 g/mol. The van der Waals surface area contributed by atoms with Crippen molar-refractivity contribution in [1.82, 2.24) is 9.38 Å². The van der Waals surface area contributed by atoms with E-state index in [1.165, 1.54) is 0 Å². The number of fused-ring (bicyclic) bond motifs is 8. The summed E-state index contributed by atoms with van der Waals surface area (Å²) in [6.45, 7) is 0. The van der Waals surface area contributed by atoms with Gasteiger partial charge >= 0.3 is 0 Å². The summed E-state index contributed by atoms with van der Waals surface area (Å²) in [5.41, 5.74) is 3.47. The fourth-order valence-corrected chi connectivity index (χ4v) is 12.5. The van der Waals surface area contributed by atoms with E-state index < -0.39 is 14.3 Å². The lowest BCUT2D eigenvalue weighted by Gasteiger charge is -2.21. The number of nitrogens with zero attached hydrogens (tertiary/aromatic N) is 2. The molecule has 0 unspecified atom stereocenters. The molecule has 0 saturated heterocycles. The fourth-order valence-electron chi connectivity index (χ4n) is 7.18. The number of benzene rings is 7. The van der Waals surface area contributed by atoms with Gasteiger partial charge in [0, 0.05) is 42.6 Å². The third kappa shape index (κ3) is 4.56. The molecule has 0 aliphatic carbocycles. The second-order valence-corrected chi connectivity index (χ2v) is 17.8. The van der Waals surface area contributed by atoms with Crippen LogP contribution < -0.4 is 31.8 Å². The molecule has 0 atom stereocenters. The van der Waals surface area contributed by atoms with Crippen LogP contribution in [0.3, 0.4) is 0 Å². The van der Waals surface area contributed by atoms with Crippen molar-refractivity contribution < 1.29 is 9.13 Å². The van der Waals surface area contributed by atoms with Crippen LogP contribution in [-0.2, 0) is 9.13 Å². The minimum atomic E-state index is -3.23. The maximum Gasteiger partial charge on any atom is 0.171 e. The highest BCUT2D eigenvalue weighted by Gasteiger charge is 2.32. The van der Waals surface area contributed by atoms with Crippen LogP contribution in [0.5, 0.6) is 0 Å². The smallest absolute Gasteiger partial charge is 0.171 e. The molecule has 9 aromatic rings. The van der Waals surface area contributed by atoms with Crippen LogP contribution in [0.25, 0.3) is 38.4 Å². The monoisotopic (exact) mass is 668 g/mol. The Labute approximate surface area is 284 Å². The van der Waals surface area contributed by atoms with Gasteiger partial charge in [0.25, 0.3) is 0 Å². The summed E-state index contributed by atoms with van der Waals surface area (Å²) in [6, 6.07) is 59.5. The van der Waals surface area contributed by atoms with Gasteiger partial charge in [0.1, 0.15) is 5.65 Å². The van der Waals surface area contributed by atoms with E-state index in [-0.39, 0.29) is 0 Å². The molecule has 0 fully saturated rings. The van der Waals surface area contributed by atoms with E-state index in [0.717, 1.165) is 70.2 Å². The molecule has 0 aliphatic heterocycles. The van der Waals surface area contributed by atoms with Crippen molar-refractivity contribution in [3.8, 4) is 0 Å². The van der Waals surface area contributed by atoms with Gasteiger partial charge in [-0.05, 0) is 35.7 Å². The highest BCUT2D eigenvalue weighted by Crippen LogP contribution is 2.45. The molecule has 234 valence electrons. The predicted octanol–water partition coefficient (Wildman–Crippen LogP) is 8.07. The van der Waals surface area contributed by atoms with Crippen LogP contribution in [0.15, 0.2) is 182 Å². The number of imidazole rings is 1. The lowest BCUT2D eigenvalue weighted by atomic mass is 10.1. The number of aromatic nitrogens is 2. The summed E-state index contributed by atoms with van der Waals surface area (Å²) >= 11 is 0. The number of para-hydroxylation sites is 1. The number of hydrogen-bond acceptors (Lipinski definition) is 3. The van der Waals surface area contributed by atoms with Crippen molar-refractivity contribution in [2.24, 2.45) is 0 Å². The topological polar surface area (TPSA) is 51.4 Å². The second kappa shape index (κ2) is 11.6. The third-order valence-corrected chi connectivity index (χ3v) is 15.6. The molecule has 6 heteroatoms. The van der Waals surface area contributed by atoms with Crippen molar-refractivity contribution in [3.05, 3.63) is 182 Å². The Morgan fingerprint density at radius 1 is 0.367 bits per heavy atom. The summed E-state index contributed by atoms with van der Waals surface area (Å²) in [5, 5.41) is 7.64. The predicted molar refractivity (Wildman–Crippen MR) is 206 cm³/mol. The van der Waals surface area contributed by atoms with Gasteiger partial charge in [-0.15, -0.1) is 0 Å². The minimum absolute atomic E-state index is 0.729. The summed E-state index contributed by atoms with van der Waals surface area (Å²) in [5.74, 6) is 0. The van der Waals surface area contributed by atoms with Gasteiger partial charge in [0.15, 0.2) is 14.3 Å². The number of rotatable bonds is 6. The molecule has 0 aliphatic rings. The van der Waals surface area contributed by atoms with Crippen LogP contribution >= 0.6 is 14.3 Å². The van der Waals surface area contributed by atoms with Crippen molar-refractivity contribution in [2.45, 2.75) is 0 Å². The quantitative estimate of drug-likeness (QED) is 0.133. The number of pyridine rings is 1. The van der Waals surface area contributed by atoms with Crippen LogP contribution in [0.1, 0.15) is 0 Å². The van der Waals surface area contributed by atoms with Gasteiger partial charge in [0.2, 0.25) is 0 Å². The first-order valence-electron chi connectivity index (χ1n) is 16.3. The molecule has 0 bridgehead atoms. The van der Waals surface area contributed by atoms with E-state index >= 15 is 9.13 Å². The molecular weight excluding hydrogens is 638 g/mol. The molecule has 0 spiro atoms. The summed E-state index contributed by atoms with van der Waals surface area (Å²) < 4.78 is 32.8. The molecule has 9 rings (SSSR count). The van der Waals surface area contributed by atoms with E-state index in [2.05, 4.69) is 28.7 Å². The van der Waals surface area contributed by atoms with E-state index in [1.807, 2.05) is 158 Å². The molecule has 7 aromatic carbocycles. The minimum Gasteiger partial charge on any atom is -0.309 e. The van der Waals surface area contributed by atoms with E-state index in [0.29, 0.717) is 0 Å². The summed E-state index contributed by atoms with van der Waals surface area (Å²) in [4.78, 5) is 5.28. The molecule has 0 N–H and O–H groups in total. The molecule has 4 nitrogen and oxygen atoms in total. The van der Waals surface area contributed by atoms with Crippen molar-refractivity contribution in [2.75, 3.05) is 0 Å². The fraction of sp³-hybridized carbons (Fsp3) is 0. The highest BCUT2D eigenvalue weighted by atomic mass is 31.2. The molecule has 2 aromatic heterocycles. The first-order valence-corrected chi connectivity index (χ1v) is 19.7. The SMILES string of the molecule is O=P(c1ccccc1)(c1ccccc1)c1ccc2c(c1)nc1c3cc(P(=O)(c4ccccc4)c4ccccc4)ccc3c3ccccc3n21. The van der Waals surface area contributed by atoms with E-state index in [4.69, 9.17) is 4.98 Å². The zero-order valence-electron chi connectivity index (χ0n) is 26.4. The zero-order chi connectivity index (χ0) is 33.0. The Morgan fingerprint density at radius 3 is 1.35 bits per heavy atom. The van der Waals surface area contributed by atoms with Crippen LogP contribution in [0.4, 0.5) is 0 Å². The van der Waals surface area contributed by atoms with Crippen molar-refractivity contribution in [1.29, 1.82) is 0 Å². The molecule has 0 radical (unpaired) electrons. The molecule has 2 heterocycles. The maximum absolute atomic E-state index is 15.4. The van der Waals surface area contributed by atoms with Gasteiger partial charge in [-0.3, -0.25) is 4.40 Å². The van der Waals surface area contributed by atoms with Gasteiger partial charge in [-0.25, -0.2) is 4.98 Å². The molecule has 49 heavy (non-hydrogen) atoms. The first-order chi connectivity index (χ1) is 24.1. The zero-order valence-corrected chi connectivity index (χ0v) is 28.2. The van der Waals surface area contributed by atoms with E-state index in [1.54, 1.807) is 0 Å². The summed E-state index contributed by atoms with van der Waals surface area (Å²) in [7, 11) is -6.43. The van der Waals surface area contributed by atoms with Gasteiger partial charge in [-0.2, -0.15) is 0 Å². The van der Waals surface area contributed by atoms with Gasteiger partial charge < -0.3 is 9.13 Å². The van der Waals surface area contributed by atoms with Gasteiger partial charge in [-0.1, -0.05) is 152 Å². The van der Waals surface area contributed by atoms with Crippen LogP contribution in [0, 0.1) is 0 Å². The van der Waals surface area contributed by atoms with Crippen LogP contribution in [0.2, 0.25) is 0 Å². The lowest BCUT2D eigenvalue weighted by molar-refractivity contribution is 0.591. The Balaban J connectivity index is 1.34. The normalized spacial score (nSPS) is 12.2. The third-order valence-electron chi connectivity index (χ3n) is 9.52. The lowest BCUT2D eigenvalue weighted by Crippen LogP contribution is -2.25. The molecule has 0 amide bonds. The Morgan fingerprint density at radius 2 is 0.816 bits per heavy atom. The Bertz CT molecular complexity index is 2680. The Kier molecular flexibility index (Phi) is 6.99. The standard InChI is InChI=1S/C43H30N2O2P2/c46-48(31-15-5-1-6-16-31,32-17-7-2-8-18-32)35-25-27-37-38-23-13-14-24-41(38)45-42-28-26-36(30-40(42)44-43(45)39(37)29-35)49(47,33-19-9-3-10-20-33)34-21-11-4-12-22-34/h1-30H. The number of hydrogen-bond donors (Lipinski definition) is 0. The average Bonchev–Trinajstić information content (AvgIpc) is 3.58. The Hall–Kier alpha value is -5.53. The van der Waals surface area contributed by atoms with Crippen molar-refractivity contribution in [3.63, 3.8) is 0 Å². The second-order valence-electron chi connectivity index (χ2n) is 12.3. The van der Waals surface area contributed by atoms with E-state index in [9.17, 15) is 0 Å². The van der Waals surface area contributed by atoms with Crippen LogP contribution in [-0.4, -0.2) is 9.38 Å². The van der Waals surface area contributed by atoms with Gasteiger partial charge in [0.05, 0.1) is 16.6 Å². The largest absolute Gasteiger partial charge is 0.309 e. The molecular formula is C43H30N2O2P2. The summed E-state index contributed by atoms with van der Waals surface area (Å²) in [6.07, 6.45) is 0. The molecule has 0 saturated carbocycles. The maximum atomic E-state index is 15.4. The first kappa shape index (κ1) is 29.6.